The number of anilines is 1. The first-order valence-electron chi connectivity index (χ1n) is 7.56. The van der Waals surface area contributed by atoms with Crippen LogP contribution in [0.1, 0.15) is 5.56 Å². The van der Waals surface area contributed by atoms with Gasteiger partial charge < -0.3 is 15.0 Å². The van der Waals surface area contributed by atoms with Crippen molar-refractivity contribution in [2.75, 3.05) is 32.6 Å². The predicted octanol–water partition coefficient (Wildman–Crippen LogP) is 4.22. The molecular weight excluding hydrogens is 392 g/mol. The largest absolute Gasteiger partial charge is 0.490 e. The molecule has 0 aliphatic carbocycles. The van der Waals surface area contributed by atoms with Gasteiger partial charge >= 0.3 is 0 Å². The molecule has 2 rings (SSSR count). The Balaban J connectivity index is 2.05. The normalized spacial score (nSPS) is 10.7. The SMILES string of the molecule is CN(C)CCOc1cc(Br)ccc1NC(=O)Cc1ccccc1Cl. The van der Waals surface area contributed by atoms with E-state index in [1.165, 1.54) is 0 Å². The minimum atomic E-state index is -0.136. The molecule has 0 aromatic heterocycles. The predicted molar refractivity (Wildman–Crippen MR) is 102 cm³/mol. The second kappa shape index (κ2) is 9.06. The molecule has 0 saturated heterocycles. The standard InChI is InChI=1S/C18H20BrClN2O2/c1-22(2)9-10-24-17-12-14(19)7-8-16(17)21-18(23)11-13-5-3-4-6-15(13)20/h3-8,12H,9-11H2,1-2H3,(H,21,23). The molecule has 0 heterocycles. The number of hydrogen-bond donors (Lipinski definition) is 1. The van der Waals surface area contributed by atoms with Crippen molar-refractivity contribution in [2.45, 2.75) is 6.42 Å². The van der Waals surface area contributed by atoms with E-state index in [2.05, 4.69) is 21.2 Å². The monoisotopic (exact) mass is 410 g/mol. The van der Waals surface area contributed by atoms with Crippen LogP contribution < -0.4 is 10.1 Å². The number of amides is 1. The van der Waals surface area contributed by atoms with Crippen LogP contribution >= 0.6 is 27.5 Å². The Morgan fingerprint density at radius 3 is 2.71 bits per heavy atom. The number of carbonyl (C=O) groups is 1. The van der Waals surface area contributed by atoms with Gasteiger partial charge in [-0.15, -0.1) is 0 Å². The maximum absolute atomic E-state index is 12.3. The lowest BCUT2D eigenvalue weighted by molar-refractivity contribution is -0.115. The van der Waals surface area contributed by atoms with Gasteiger partial charge in [-0.05, 0) is 43.9 Å². The third kappa shape index (κ3) is 5.82. The molecule has 2 aromatic carbocycles. The Kier molecular flexibility index (Phi) is 7.09. The first kappa shape index (κ1) is 18.8. The number of rotatable bonds is 7. The van der Waals surface area contributed by atoms with Gasteiger partial charge in [0.15, 0.2) is 0 Å². The number of nitrogens with zero attached hydrogens (tertiary/aromatic N) is 1. The highest BCUT2D eigenvalue weighted by Gasteiger charge is 2.11. The summed E-state index contributed by atoms with van der Waals surface area (Å²) in [4.78, 5) is 14.3. The molecule has 1 N–H and O–H groups in total. The van der Waals surface area contributed by atoms with Crippen molar-refractivity contribution in [2.24, 2.45) is 0 Å². The minimum absolute atomic E-state index is 0.136. The zero-order chi connectivity index (χ0) is 17.5. The van der Waals surface area contributed by atoms with E-state index in [1.54, 1.807) is 6.07 Å². The van der Waals surface area contributed by atoms with Crippen molar-refractivity contribution in [3.63, 3.8) is 0 Å². The number of hydrogen-bond acceptors (Lipinski definition) is 3. The Morgan fingerprint density at radius 1 is 1.25 bits per heavy atom. The molecule has 24 heavy (non-hydrogen) atoms. The van der Waals surface area contributed by atoms with E-state index in [0.717, 1.165) is 16.6 Å². The summed E-state index contributed by atoms with van der Waals surface area (Å²) < 4.78 is 6.69. The van der Waals surface area contributed by atoms with Gasteiger partial charge in [-0.2, -0.15) is 0 Å². The van der Waals surface area contributed by atoms with Gasteiger partial charge in [0.05, 0.1) is 12.1 Å². The summed E-state index contributed by atoms with van der Waals surface area (Å²) in [5.74, 6) is 0.501. The van der Waals surface area contributed by atoms with Gasteiger partial charge in [-0.1, -0.05) is 45.7 Å². The molecular formula is C18H20BrClN2O2. The molecule has 0 unspecified atom stereocenters. The Hall–Kier alpha value is -1.56. The van der Waals surface area contributed by atoms with Crippen LogP contribution in [0.15, 0.2) is 46.9 Å². The zero-order valence-electron chi connectivity index (χ0n) is 13.7. The molecule has 0 spiro atoms. The molecule has 0 aliphatic heterocycles. The van der Waals surface area contributed by atoms with E-state index in [-0.39, 0.29) is 12.3 Å². The number of likely N-dealkylation sites (N-methyl/N-ethyl adjacent to an activating group) is 1. The fraction of sp³-hybridized carbons (Fsp3) is 0.278. The number of halogens is 2. The molecule has 128 valence electrons. The summed E-state index contributed by atoms with van der Waals surface area (Å²) in [6.07, 6.45) is 0.215. The topological polar surface area (TPSA) is 41.6 Å². The smallest absolute Gasteiger partial charge is 0.228 e. The molecule has 4 nitrogen and oxygen atoms in total. The van der Waals surface area contributed by atoms with Crippen LogP contribution in [0.25, 0.3) is 0 Å². The van der Waals surface area contributed by atoms with Gasteiger partial charge in [0.1, 0.15) is 12.4 Å². The maximum atomic E-state index is 12.3. The Bertz CT molecular complexity index is 707. The quantitative estimate of drug-likeness (QED) is 0.741. The average molecular weight is 412 g/mol. The summed E-state index contributed by atoms with van der Waals surface area (Å²) in [6, 6.07) is 12.9. The molecule has 0 atom stereocenters. The van der Waals surface area contributed by atoms with Crippen molar-refractivity contribution in [3.8, 4) is 5.75 Å². The van der Waals surface area contributed by atoms with Crippen molar-refractivity contribution < 1.29 is 9.53 Å². The lowest BCUT2D eigenvalue weighted by Gasteiger charge is -2.15. The van der Waals surface area contributed by atoms with E-state index in [0.29, 0.717) is 23.1 Å². The number of benzene rings is 2. The molecule has 0 bridgehead atoms. The second-order valence-electron chi connectivity index (χ2n) is 5.61. The highest BCUT2D eigenvalue weighted by atomic mass is 79.9. The Labute approximate surface area is 155 Å². The molecule has 0 saturated carbocycles. The highest BCUT2D eigenvalue weighted by molar-refractivity contribution is 9.10. The van der Waals surface area contributed by atoms with Crippen LogP contribution in [0.4, 0.5) is 5.69 Å². The third-order valence-corrected chi connectivity index (χ3v) is 4.18. The summed E-state index contributed by atoms with van der Waals surface area (Å²) in [6.45, 7) is 1.33. The van der Waals surface area contributed by atoms with Crippen LogP contribution in [0.3, 0.4) is 0 Å². The average Bonchev–Trinajstić information content (AvgIpc) is 2.52. The van der Waals surface area contributed by atoms with Gasteiger partial charge in [0, 0.05) is 16.0 Å². The number of carbonyl (C=O) groups excluding carboxylic acids is 1. The maximum Gasteiger partial charge on any atom is 0.228 e. The summed E-state index contributed by atoms with van der Waals surface area (Å²) in [5.41, 5.74) is 1.44. The zero-order valence-corrected chi connectivity index (χ0v) is 16.0. The van der Waals surface area contributed by atoms with Crippen LogP contribution in [0, 0.1) is 0 Å². The van der Waals surface area contributed by atoms with Crippen LogP contribution in [0.5, 0.6) is 5.75 Å². The van der Waals surface area contributed by atoms with E-state index >= 15 is 0 Å². The Morgan fingerprint density at radius 2 is 2.00 bits per heavy atom. The summed E-state index contributed by atoms with van der Waals surface area (Å²) in [5, 5.41) is 3.48. The number of ether oxygens (including phenoxy) is 1. The molecule has 2 aromatic rings. The third-order valence-electron chi connectivity index (χ3n) is 3.32. The first-order chi connectivity index (χ1) is 11.5. The van der Waals surface area contributed by atoms with E-state index in [1.807, 2.05) is 55.4 Å². The van der Waals surface area contributed by atoms with Crippen molar-refractivity contribution in [1.29, 1.82) is 0 Å². The van der Waals surface area contributed by atoms with Crippen LogP contribution in [-0.2, 0) is 11.2 Å². The van der Waals surface area contributed by atoms with Gasteiger partial charge in [-0.3, -0.25) is 4.79 Å². The van der Waals surface area contributed by atoms with Gasteiger partial charge in [-0.25, -0.2) is 0 Å². The minimum Gasteiger partial charge on any atom is -0.490 e. The van der Waals surface area contributed by atoms with Crippen molar-refractivity contribution in [3.05, 3.63) is 57.5 Å². The van der Waals surface area contributed by atoms with Crippen LogP contribution in [0.2, 0.25) is 5.02 Å². The lowest BCUT2D eigenvalue weighted by atomic mass is 10.1. The second-order valence-corrected chi connectivity index (χ2v) is 6.93. The lowest BCUT2D eigenvalue weighted by Crippen LogP contribution is -2.20. The van der Waals surface area contributed by atoms with Gasteiger partial charge in [0.25, 0.3) is 0 Å². The molecule has 1 amide bonds. The highest BCUT2D eigenvalue weighted by Crippen LogP contribution is 2.29. The summed E-state index contributed by atoms with van der Waals surface area (Å²) in [7, 11) is 3.97. The molecule has 6 heteroatoms. The summed E-state index contributed by atoms with van der Waals surface area (Å²) >= 11 is 9.53. The van der Waals surface area contributed by atoms with Crippen molar-refractivity contribution in [1.82, 2.24) is 4.90 Å². The fourth-order valence-electron chi connectivity index (χ4n) is 2.07. The van der Waals surface area contributed by atoms with Crippen LogP contribution in [-0.4, -0.2) is 38.1 Å². The fourth-order valence-corrected chi connectivity index (χ4v) is 2.61. The molecule has 0 radical (unpaired) electrons. The number of nitrogens with one attached hydrogen (secondary N) is 1. The van der Waals surface area contributed by atoms with E-state index in [4.69, 9.17) is 16.3 Å². The van der Waals surface area contributed by atoms with E-state index in [9.17, 15) is 4.79 Å². The first-order valence-corrected chi connectivity index (χ1v) is 8.73. The molecule has 0 fully saturated rings. The molecule has 0 aliphatic rings. The van der Waals surface area contributed by atoms with Crippen molar-refractivity contribution >= 4 is 39.1 Å². The van der Waals surface area contributed by atoms with Gasteiger partial charge in [0.2, 0.25) is 5.91 Å². The van der Waals surface area contributed by atoms with E-state index < -0.39 is 0 Å².